The lowest BCUT2D eigenvalue weighted by atomic mass is 9.89. The average molecular weight is 403 g/mol. The standard InChI is InChI=1S/C20H16F3N3O3/c21-17(13-4-2-1-3-5-13)16(19(27)26-28)12-6-8-14(9-7-12)18-24-10-15(11-25-18)29-20(22)23/h1-11,16-17,20,28H,(H,26,27). The van der Waals surface area contributed by atoms with Crippen molar-refractivity contribution in [1.29, 1.82) is 0 Å². The number of nitrogens with one attached hydrogen (secondary N) is 1. The number of carbonyl (C=O) groups is 1. The Balaban J connectivity index is 1.85. The molecular weight excluding hydrogens is 387 g/mol. The fourth-order valence-corrected chi connectivity index (χ4v) is 2.82. The molecule has 0 fully saturated rings. The molecule has 2 aromatic carbocycles. The molecule has 1 heterocycles. The lowest BCUT2D eigenvalue weighted by Gasteiger charge is -2.20. The Morgan fingerprint density at radius 2 is 1.55 bits per heavy atom. The van der Waals surface area contributed by atoms with Crippen LogP contribution in [0.5, 0.6) is 5.75 Å². The van der Waals surface area contributed by atoms with Gasteiger partial charge in [-0.2, -0.15) is 8.78 Å². The van der Waals surface area contributed by atoms with Gasteiger partial charge >= 0.3 is 6.61 Å². The highest BCUT2D eigenvalue weighted by atomic mass is 19.3. The summed E-state index contributed by atoms with van der Waals surface area (Å²) in [6.45, 7) is -2.98. The Morgan fingerprint density at radius 1 is 0.931 bits per heavy atom. The van der Waals surface area contributed by atoms with Gasteiger partial charge in [0.1, 0.15) is 12.1 Å². The molecule has 0 spiro atoms. The van der Waals surface area contributed by atoms with Crippen LogP contribution >= 0.6 is 0 Å². The molecule has 0 saturated carbocycles. The van der Waals surface area contributed by atoms with Crippen LogP contribution < -0.4 is 10.2 Å². The van der Waals surface area contributed by atoms with Crippen molar-refractivity contribution in [2.75, 3.05) is 0 Å². The Morgan fingerprint density at radius 3 is 2.10 bits per heavy atom. The SMILES string of the molecule is O=C(NO)C(c1ccc(-c2ncc(OC(F)F)cn2)cc1)C(F)c1ccccc1. The number of benzene rings is 2. The van der Waals surface area contributed by atoms with E-state index in [1.54, 1.807) is 42.5 Å². The number of ether oxygens (including phenoxy) is 1. The van der Waals surface area contributed by atoms with Crippen molar-refractivity contribution in [3.63, 3.8) is 0 Å². The minimum atomic E-state index is -2.98. The third kappa shape index (κ3) is 4.88. The first-order chi connectivity index (χ1) is 14.0. The van der Waals surface area contributed by atoms with E-state index < -0.39 is 24.6 Å². The highest BCUT2D eigenvalue weighted by Crippen LogP contribution is 2.35. The zero-order valence-corrected chi connectivity index (χ0v) is 14.9. The first-order valence-electron chi connectivity index (χ1n) is 8.49. The molecular formula is C20H16F3N3O3. The van der Waals surface area contributed by atoms with Gasteiger partial charge in [-0.25, -0.2) is 19.8 Å². The normalized spacial score (nSPS) is 13.0. The van der Waals surface area contributed by atoms with Crippen molar-refractivity contribution in [3.05, 3.63) is 78.1 Å². The summed E-state index contributed by atoms with van der Waals surface area (Å²) in [5.74, 6) is -2.11. The summed E-state index contributed by atoms with van der Waals surface area (Å²) in [7, 11) is 0. The molecule has 2 N–H and O–H groups in total. The Labute approximate surface area is 164 Å². The average Bonchev–Trinajstić information content (AvgIpc) is 2.75. The summed E-state index contributed by atoms with van der Waals surface area (Å²) >= 11 is 0. The predicted octanol–water partition coefficient (Wildman–Crippen LogP) is 4.04. The predicted molar refractivity (Wildman–Crippen MR) is 97.1 cm³/mol. The van der Waals surface area contributed by atoms with Crippen LogP contribution in [0.2, 0.25) is 0 Å². The van der Waals surface area contributed by atoms with Crippen LogP contribution in [0.4, 0.5) is 13.2 Å². The maximum Gasteiger partial charge on any atom is 0.387 e. The molecule has 3 aromatic rings. The number of alkyl halides is 3. The lowest BCUT2D eigenvalue weighted by Crippen LogP contribution is -2.29. The number of hydrogen-bond donors (Lipinski definition) is 2. The molecule has 0 aliphatic rings. The van der Waals surface area contributed by atoms with Gasteiger partial charge in [-0.05, 0) is 11.1 Å². The molecule has 6 nitrogen and oxygen atoms in total. The summed E-state index contributed by atoms with van der Waals surface area (Å²) in [5.41, 5.74) is 2.65. The van der Waals surface area contributed by atoms with Crippen molar-refractivity contribution in [3.8, 4) is 17.1 Å². The van der Waals surface area contributed by atoms with Crippen LogP contribution in [0.25, 0.3) is 11.4 Å². The van der Waals surface area contributed by atoms with E-state index in [9.17, 15) is 13.6 Å². The van der Waals surface area contributed by atoms with Gasteiger partial charge in [-0.15, -0.1) is 0 Å². The Kier molecular flexibility index (Phi) is 6.40. The Bertz CT molecular complexity index is 939. The molecule has 29 heavy (non-hydrogen) atoms. The van der Waals surface area contributed by atoms with Crippen LogP contribution in [-0.4, -0.2) is 27.7 Å². The zero-order valence-electron chi connectivity index (χ0n) is 14.9. The largest absolute Gasteiger partial charge is 0.432 e. The maximum absolute atomic E-state index is 15.0. The van der Waals surface area contributed by atoms with Crippen LogP contribution in [0.15, 0.2) is 67.0 Å². The first-order valence-corrected chi connectivity index (χ1v) is 8.49. The number of rotatable bonds is 7. The van der Waals surface area contributed by atoms with E-state index in [2.05, 4.69) is 14.7 Å². The molecule has 2 atom stereocenters. The molecule has 1 aromatic heterocycles. The number of halogens is 3. The van der Waals surface area contributed by atoms with Gasteiger partial charge in [0.15, 0.2) is 11.6 Å². The highest BCUT2D eigenvalue weighted by Gasteiger charge is 2.31. The second-order valence-corrected chi connectivity index (χ2v) is 6.01. The number of carbonyl (C=O) groups excluding carboxylic acids is 1. The fourth-order valence-electron chi connectivity index (χ4n) is 2.82. The van der Waals surface area contributed by atoms with Crippen molar-refractivity contribution in [1.82, 2.24) is 15.4 Å². The topological polar surface area (TPSA) is 84.3 Å². The van der Waals surface area contributed by atoms with E-state index in [0.717, 1.165) is 12.4 Å². The van der Waals surface area contributed by atoms with E-state index in [4.69, 9.17) is 5.21 Å². The monoisotopic (exact) mass is 403 g/mol. The number of nitrogens with zero attached hydrogens (tertiary/aromatic N) is 2. The number of hydroxylamine groups is 1. The van der Waals surface area contributed by atoms with Gasteiger partial charge in [0.2, 0.25) is 0 Å². The van der Waals surface area contributed by atoms with Crippen LogP contribution in [0.3, 0.4) is 0 Å². The number of aromatic nitrogens is 2. The number of hydrogen-bond acceptors (Lipinski definition) is 5. The molecule has 0 aliphatic carbocycles. The minimum absolute atomic E-state index is 0.178. The Hall–Kier alpha value is -3.46. The van der Waals surface area contributed by atoms with E-state index >= 15 is 4.39 Å². The smallest absolute Gasteiger partial charge is 0.387 e. The molecule has 0 radical (unpaired) electrons. The van der Waals surface area contributed by atoms with Gasteiger partial charge in [0.05, 0.1) is 12.4 Å². The quantitative estimate of drug-likeness (QED) is 0.459. The van der Waals surface area contributed by atoms with E-state index in [1.165, 1.54) is 17.6 Å². The molecule has 0 aliphatic heterocycles. The number of amides is 1. The summed E-state index contributed by atoms with van der Waals surface area (Å²) in [6.07, 6.45) is 0.533. The van der Waals surface area contributed by atoms with Gasteiger partial charge in [-0.3, -0.25) is 10.0 Å². The lowest BCUT2D eigenvalue weighted by molar-refractivity contribution is -0.132. The molecule has 9 heteroatoms. The van der Waals surface area contributed by atoms with Gasteiger partial charge in [0.25, 0.3) is 5.91 Å². The summed E-state index contributed by atoms with van der Waals surface area (Å²) in [4.78, 5) is 20.0. The van der Waals surface area contributed by atoms with E-state index in [1.807, 2.05) is 0 Å². The highest BCUT2D eigenvalue weighted by molar-refractivity contribution is 5.83. The second kappa shape index (κ2) is 9.16. The van der Waals surface area contributed by atoms with Crippen LogP contribution in [0, 0.1) is 0 Å². The van der Waals surface area contributed by atoms with Gasteiger partial charge < -0.3 is 4.74 Å². The van der Waals surface area contributed by atoms with Crippen molar-refractivity contribution >= 4 is 5.91 Å². The summed E-state index contributed by atoms with van der Waals surface area (Å²) in [6, 6.07) is 14.3. The van der Waals surface area contributed by atoms with Crippen molar-refractivity contribution in [2.45, 2.75) is 18.7 Å². The molecule has 3 rings (SSSR count). The molecule has 150 valence electrons. The first kappa shape index (κ1) is 20.3. The second-order valence-electron chi connectivity index (χ2n) is 6.01. The third-order valence-electron chi connectivity index (χ3n) is 4.18. The van der Waals surface area contributed by atoms with Crippen molar-refractivity contribution < 1.29 is 27.9 Å². The molecule has 0 bridgehead atoms. The third-order valence-corrected chi connectivity index (χ3v) is 4.18. The van der Waals surface area contributed by atoms with E-state index in [0.29, 0.717) is 16.7 Å². The summed E-state index contributed by atoms with van der Waals surface area (Å²) in [5, 5.41) is 9.03. The molecule has 2 unspecified atom stereocenters. The summed E-state index contributed by atoms with van der Waals surface area (Å²) < 4.78 is 43.6. The minimum Gasteiger partial charge on any atom is -0.432 e. The zero-order chi connectivity index (χ0) is 20.8. The molecule has 0 saturated heterocycles. The fraction of sp³-hybridized carbons (Fsp3) is 0.150. The maximum atomic E-state index is 15.0. The van der Waals surface area contributed by atoms with Crippen LogP contribution in [-0.2, 0) is 4.79 Å². The van der Waals surface area contributed by atoms with Gasteiger partial charge in [0, 0.05) is 5.56 Å². The molecule has 1 amide bonds. The van der Waals surface area contributed by atoms with E-state index in [-0.39, 0.29) is 11.6 Å². The van der Waals surface area contributed by atoms with Crippen molar-refractivity contribution in [2.24, 2.45) is 0 Å². The van der Waals surface area contributed by atoms with Crippen LogP contribution in [0.1, 0.15) is 23.2 Å². The van der Waals surface area contributed by atoms with Gasteiger partial charge in [-0.1, -0.05) is 54.6 Å².